The second-order valence-electron chi connectivity index (χ2n) is 3.40. The van der Waals surface area contributed by atoms with E-state index in [2.05, 4.69) is 4.99 Å². The SMILES string of the molecule is NC1=NCCN1Cc1ccc(F)cc1F. The molecule has 2 rings (SSSR count). The van der Waals surface area contributed by atoms with Crippen molar-refractivity contribution < 1.29 is 8.78 Å². The Morgan fingerprint density at radius 2 is 2.20 bits per heavy atom. The lowest BCUT2D eigenvalue weighted by atomic mass is 10.2. The first-order valence-corrected chi connectivity index (χ1v) is 4.65. The number of guanidine groups is 1. The van der Waals surface area contributed by atoms with Crippen LogP contribution < -0.4 is 5.73 Å². The molecule has 1 aromatic rings. The molecule has 15 heavy (non-hydrogen) atoms. The van der Waals surface area contributed by atoms with Crippen molar-refractivity contribution in [2.75, 3.05) is 13.1 Å². The normalized spacial score (nSPS) is 15.6. The molecule has 0 spiro atoms. The van der Waals surface area contributed by atoms with Crippen molar-refractivity contribution in [1.82, 2.24) is 4.90 Å². The average molecular weight is 211 g/mol. The van der Waals surface area contributed by atoms with Crippen LogP contribution in [0.5, 0.6) is 0 Å². The Morgan fingerprint density at radius 1 is 1.40 bits per heavy atom. The predicted octanol–water partition coefficient (Wildman–Crippen LogP) is 1.10. The number of aliphatic imine (C=N–C) groups is 1. The first-order valence-electron chi connectivity index (χ1n) is 4.65. The predicted molar refractivity (Wildman–Crippen MR) is 53.3 cm³/mol. The molecular weight excluding hydrogens is 200 g/mol. The maximum atomic E-state index is 13.3. The van der Waals surface area contributed by atoms with Crippen LogP contribution in [0, 0.1) is 11.6 Å². The summed E-state index contributed by atoms with van der Waals surface area (Å²) in [7, 11) is 0. The summed E-state index contributed by atoms with van der Waals surface area (Å²) in [6, 6.07) is 3.54. The lowest BCUT2D eigenvalue weighted by molar-refractivity contribution is 0.433. The molecular formula is C10H11F2N3. The summed E-state index contributed by atoms with van der Waals surface area (Å²) in [5, 5.41) is 0. The molecule has 1 aliphatic rings. The van der Waals surface area contributed by atoms with Crippen LogP contribution in [0.3, 0.4) is 0 Å². The Labute approximate surface area is 86.2 Å². The van der Waals surface area contributed by atoms with Crippen molar-refractivity contribution in [1.29, 1.82) is 0 Å². The molecule has 80 valence electrons. The first kappa shape index (κ1) is 9.89. The number of rotatable bonds is 2. The molecule has 0 fully saturated rings. The molecule has 0 saturated carbocycles. The van der Waals surface area contributed by atoms with Gasteiger partial charge in [0, 0.05) is 24.7 Å². The number of halogens is 2. The summed E-state index contributed by atoms with van der Waals surface area (Å²) >= 11 is 0. The Balaban J connectivity index is 2.14. The fourth-order valence-electron chi connectivity index (χ4n) is 1.52. The van der Waals surface area contributed by atoms with E-state index in [1.165, 1.54) is 12.1 Å². The first-order chi connectivity index (χ1) is 7.16. The molecule has 3 nitrogen and oxygen atoms in total. The van der Waals surface area contributed by atoms with Gasteiger partial charge in [0.15, 0.2) is 5.96 Å². The minimum Gasteiger partial charge on any atom is -0.370 e. The third kappa shape index (κ3) is 2.06. The van der Waals surface area contributed by atoms with Gasteiger partial charge in [0.2, 0.25) is 0 Å². The molecule has 1 aliphatic heterocycles. The molecule has 0 saturated heterocycles. The Morgan fingerprint density at radius 3 is 2.80 bits per heavy atom. The second kappa shape index (κ2) is 3.84. The zero-order valence-electron chi connectivity index (χ0n) is 8.08. The van der Waals surface area contributed by atoms with Crippen molar-refractivity contribution >= 4 is 5.96 Å². The fraction of sp³-hybridized carbons (Fsp3) is 0.300. The van der Waals surface area contributed by atoms with Crippen molar-refractivity contribution in [3.63, 3.8) is 0 Å². The summed E-state index contributed by atoms with van der Waals surface area (Å²) in [5.41, 5.74) is 6.01. The highest BCUT2D eigenvalue weighted by atomic mass is 19.1. The molecule has 0 aromatic heterocycles. The van der Waals surface area contributed by atoms with Crippen LogP contribution >= 0.6 is 0 Å². The molecule has 0 unspecified atom stereocenters. The van der Waals surface area contributed by atoms with Crippen LogP contribution in [0.4, 0.5) is 8.78 Å². The van der Waals surface area contributed by atoms with Gasteiger partial charge in [-0.15, -0.1) is 0 Å². The number of nitrogens with two attached hydrogens (primary N) is 1. The van der Waals surface area contributed by atoms with Crippen LogP contribution in [0.25, 0.3) is 0 Å². The van der Waals surface area contributed by atoms with E-state index in [4.69, 9.17) is 5.73 Å². The molecule has 0 amide bonds. The van der Waals surface area contributed by atoms with Crippen LogP contribution in [0.15, 0.2) is 23.2 Å². The zero-order valence-corrected chi connectivity index (χ0v) is 8.08. The Kier molecular flexibility index (Phi) is 2.53. The largest absolute Gasteiger partial charge is 0.370 e. The minimum atomic E-state index is -0.570. The fourth-order valence-corrected chi connectivity index (χ4v) is 1.52. The van der Waals surface area contributed by atoms with Crippen LogP contribution in [-0.4, -0.2) is 23.9 Å². The molecule has 1 aromatic carbocycles. The summed E-state index contributed by atoms with van der Waals surface area (Å²) in [6.07, 6.45) is 0. The van der Waals surface area contributed by atoms with Gasteiger partial charge in [0.1, 0.15) is 11.6 Å². The molecule has 0 aliphatic carbocycles. The van der Waals surface area contributed by atoms with Gasteiger partial charge in [-0.1, -0.05) is 6.07 Å². The summed E-state index contributed by atoms with van der Waals surface area (Å²) in [4.78, 5) is 5.75. The molecule has 1 heterocycles. The minimum absolute atomic E-state index is 0.335. The van der Waals surface area contributed by atoms with E-state index in [0.29, 0.717) is 31.2 Å². The summed E-state index contributed by atoms with van der Waals surface area (Å²) in [5.74, 6) is -0.701. The highest BCUT2D eigenvalue weighted by Crippen LogP contribution is 2.13. The van der Waals surface area contributed by atoms with E-state index in [1.807, 2.05) is 0 Å². The molecule has 0 atom stereocenters. The van der Waals surface area contributed by atoms with Gasteiger partial charge >= 0.3 is 0 Å². The van der Waals surface area contributed by atoms with Crippen molar-refractivity contribution in [3.05, 3.63) is 35.4 Å². The van der Waals surface area contributed by atoms with Gasteiger partial charge in [0.05, 0.1) is 6.54 Å². The van der Waals surface area contributed by atoms with Crippen molar-refractivity contribution in [2.45, 2.75) is 6.54 Å². The van der Waals surface area contributed by atoms with Gasteiger partial charge < -0.3 is 10.6 Å². The standard InChI is InChI=1S/C10H11F2N3/c11-8-2-1-7(9(12)5-8)6-15-4-3-14-10(15)13/h1-2,5H,3-4,6H2,(H2,13,14). The number of hydrogen-bond acceptors (Lipinski definition) is 3. The molecule has 0 bridgehead atoms. The summed E-state index contributed by atoms with van der Waals surface area (Å²) in [6.45, 7) is 1.65. The van der Waals surface area contributed by atoms with E-state index in [1.54, 1.807) is 4.90 Å². The van der Waals surface area contributed by atoms with Gasteiger partial charge in [0.25, 0.3) is 0 Å². The third-order valence-corrected chi connectivity index (χ3v) is 2.34. The monoisotopic (exact) mass is 211 g/mol. The summed E-state index contributed by atoms with van der Waals surface area (Å²) < 4.78 is 25.9. The molecule has 0 radical (unpaired) electrons. The van der Waals surface area contributed by atoms with Crippen molar-refractivity contribution in [2.24, 2.45) is 10.7 Å². The quantitative estimate of drug-likeness (QED) is 0.795. The Hall–Kier alpha value is -1.65. The van der Waals surface area contributed by atoms with E-state index in [9.17, 15) is 8.78 Å². The van der Waals surface area contributed by atoms with Crippen LogP contribution in [-0.2, 0) is 6.54 Å². The highest BCUT2D eigenvalue weighted by molar-refractivity contribution is 5.79. The third-order valence-electron chi connectivity index (χ3n) is 2.34. The van der Waals surface area contributed by atoms with Crippen LogP contribution in [0.1, 0.15) is 5.56 Å². The topological polar surface area (TPSA) is 41.6 Å². The van der Waals surface area contributed by atoms with Crippen LogP contribution in [0.2, 0.25) is 0 Å². The number of nitrogens with zero attached hydrogens (tertiary/aromatic N) is 2. The molecule has 5 heteroatoms. The lowest BCUT2D eigenvalue weighted by Crippen LogP contribution is -2.33. The van der Waals surface area contributed by atoms with Gasteiger partial charge in [-0.2, -0.15) is 0 Å². The lowest BCUT2D eigenvalue weighted by Gasteiger charge is -2.17. The average Bonchev–Trinajstić information content (AvgIpc) is 2.57. The molecule has 2 N–H and O–H groups in total. The van der Waals surface area contributed by atoms with E-state index >= 15 is 0 Å². The zero-order chi connectivity index (χ0) is 10.8. The van der Waals surface area contributed by atoms with Gasteiger partial charge in [-0.05, 0) is 6.07 Å². The number of benzene rings is 1. The van der Waals surface area contributed by atoms with E-state index in [0.717, 1.165) is 6.07 Å². The van der Waals surface area contributed by atoms with Gasteiger partial charge in [-0.25, -0.2) is 8.78 Å². The Bertz CT molecular complexity index is 404. The van der Waals surface area contributed by atoms with Crippen molar-refractivity contribution in [3.8, 4) is 0 Å². The number of hydrogen-bond donors (Lipinski definition) is 1. The van der Waals surface area contributed by atoms with E-state index < -0.39 is 11.6 Å². The second-order valence-corrected chi connectivity index (χ2v) is 3.40. The van der Waals surface area contributed by atoms with E-state index in [-0.39, 0.29) is 0 Å². The van der Waals surface area contributed by atoms with Gasteiger partial charge in [-0.3, -0.25) is 4.99 Å². The smallest absolute Gasteiger partial charge is 0.191 e. The maximum absolute atomic E-state index is 13.3. The highest BCUT2D eigenvalue weighted by Gasteiger charge is 2.15. The maximum Gasteiger partial charge on any atom is 0.191 e.